The highest BCUT2D eigenvalue weighted by molar-refractivity contribution is 7.82. The van der Waals surface area contributed by atoms with Crippen LogP contribution in [0.5, 0.6) is 0 Å². The first-order chi connectivity index (χ1) is 15.1. The van der Waals surface area contributed by atoms with E-state index in [0.717, 1.165) is 21.9 Å². The molecule has 150 valence electrons. The van der Waals surface area contributed by atoms with Gasteiger partial charge >= 0.3 is 0 Å². The molecule has 0 bridgehead atoms. The largest absolute Gasteiger partial charge is 0.269 e. The van der Waals surface area contributed by atoms with Gasteiger partial charge in [-0.05, 0) is 29.3 Å². The number of nitrogens with zero attached hydrogens (tertiary/aromatic N) is 2. The minimum absolute atomic E-state index is 0.150. The highest BCUT2D eigenvalue weighted by atomic mass is 32.1. The average molecular weight is 421 g/mol. The van der Waals surface area contributed by atoms with Crippen LogP contribution in [0.15, 0.2) is 108 Å². The average Bonchev–Trinajstić information content (AvgIpc) is 3.11. The number of benzene rings is 4. The van der Waals surface area contributed by atoms with Gasteiger partial charge in [-0.15, -0.1) is 0 Å². The van der Waals surface area contributed by atoms with Gasteiger partial charge in [-0.1, -0.05) is 109 Å². The van der Waals surface area contributed by atoms with Crippen molar-refractivity contribution < 1.29 is 4.79 Å². The van der Waals surface area contributed by atoms with Gasteiger partial charge in [0.05, 0.1) is 0 Å². The van der Waals surface area contributed by atoms with Crippen LogP contribution in [-0.4, -0.2) is 21.5 Å². The molecular weight excluding hydrogens is 400 g/mol. The Bertz CT molecular complexity index is 1330. The fourth-order valence-corrected chi connectivity index (χ4v) is 4.60. The molecule has 1 unspecified atom stereocenters. The van der Waals surface area contributed by atoms with E-state index in [1.54, 1.807) is 4.90 Å². The fraction of sp³-hybridized carbons (Fsp3) is 0.0741. The smallest absolute Gasteiger partial charge is 0.261 e. The van der Waals surface area contributed by atoms with E-state index in [9.17, 15) is 4.79 Å². The van der Waals surface area contributed by atoms with Gasteiger partial charge in [0.2, 0.25) is 0 Å². The summed E-state index contributed by atoms with van der Waals surface area (Å²) in [5, 5.41) is 1.92. The lowest BCUT2D eigenvalue weighted by Crippen LogP contribution is -2.46. The maximum absolute atomic E-state index is 14.0. The van der Waals surface area contributed by atoms with Gasteiger partial charge in [-0.2, -0.15) is 0 Å². The number of thiocarbonyl (C=S) groups is 1. The lowest BCUT2D eigenvalue weighted by Gasteiger charge is -2.33. The Morgan fingerprint density at radius 1 is 0.806 bits per heavy atom. The number of aliphatic imine (C=N–C) groups is 1. The van der Waals surface area contributed by atoms with Gasteiger partial charge in [0.1, 0.15) is 10.7 Å². The molecule has 1 aliphatic heterocycles. The Labute approximate surface area is 186 Å². The first kappa shape index (κ1) is 19.3. The lowest BCUT2D eigenvalue weighted by atomic mass is 9.98. The molecular formula is C27H20N2OS. The van der Waals surface area contributed by atoms with Crippen molar-refractivity contribution in [2.24, 2.45) is 4.99 Å². The summed E-state index contributed by atoms with van der Waals surface area (Å²) in [5.41, 5.74) is 2.17. The van der Waals surface area contributed by atoms with Crippen molar-refractivity contribution in [3.8, 4) is 0 Å². The maximum atomic E-state index is 14.0. The molecule has 0 N–H and O–H groups in total. The third kappa shape index (κ3) is 3.16. The minimum Gasteiger partial charge on any atom is -0.269 e. The molecule has 4 aromatic carbocycles. The van der Waals surface area contributed by atoms with E-state index in [1.807, 2.05) is 110 Å². The summed E-state index contributed by atoms with van der Waals surface area (Å²) in [4.78, 5) is 21.1. The Morgan fingerprint density at radius 2 is 1.42 bits per heavy atom. The Balaban J connectivity index is 1.69. The molecule has 0 aromatic heterocycles. The molecule has 4 aromatic rings. The van der Waals surface area contributed by atoms with Crippen molar-refractivity contribution in [3.05, 3.63) is 120 Å². The summed E-state index contributed by atoms with van der Waals surface area (Å²) in [7, 11) is 0. The second kappa shape index (κ2) is 7.56. The maximum Gasteiger partial charge on any atom is 0.261 e. The van der Waals surface area contributed by atoms with Crippen molar-refractivity contribution in [2.75, 3.05) is 0 Å². The van der Waals surface area contributed by atoms with Crippen molar-refractivity contribution >= 4 is 39.6 Å². The number of fused-ring (bicyclic) bond motifs is 1. The van der Waals surface area contributed by atoms with Crippen LogP contribution in [0.3, 0.4) is 0 Å². The summed E-state index contributed by atoms with van der Waals surface area (Å²) in [6, 6.07) is 33.4. The molecule has 4 heteroatoms. The Kier molecular flexibility index (Phi) is 4.72. The number of hydrogen-bond acceptors (Lipinski definition) is 3. The van der Waals surface area contributed by atoms with Gasteiger partial charge in [-0.3, -0.25) is 9.69 Å². The highest BCUT2D eigenvalue weighted by Crippen LogP contribution is 2.38. The zero-order chi connectivity index (χ0) is 21.4. The third-order valence-corrected chi connectivity index (χ3v) is 6.14. The van der Waals surface area contributed by atoms with Gasteiger partial charge in [0, 0.05) is 11.1 Å². The molecule has 1 aliphatic rings. The first-order valence-electron chi connectivity index (χ1n) is 10.2. The second-order valence-electron chi connectivity index (χ2n) is 7.69. The third-order valence-electron chi connectivity index (χ3n) is 5.76. The van der Waals surface area contributed by atoms with Gasteiger partial charge in [0.25, 0.3) is 5.91 Å². The van der Waals surface area contributed by atoms with Crippen molar-refractivity contribution in [1.82, 2.24) is 4.90 Å². The number of hydrogen-bond donors (Lipinski definition) is 0. The van der Waals surface area contributed by atoms with Gasteiger partial charge in [0.15, 0.2) is 5.66 Å². The van der Waals surface area contributed by atoms with Crippen LogP contribution in [-0.2, 0) is 5.66 Å². The SMILES string of the molecule is CC1(c2ccccc2)N=C(c2ccccc2)C(=S)N1C(=O)c1cccc2ccccc12. The zero-order valence-electron chi connectivity index (χ0n) is 17.0. The highest BCUT2D eigenvalue weighted by Gasteiger charge is 2.46. The number of amides is 1. The van der Waals surface area contributed by atoms with Crippen LogP contribution in [0.1, 0.15) is 28.4 Å². The number of rotatable bonds is 3. The van der Waals surface area contributed by atoms with Crippen LogP contribution in [0.25, 0.3) is 10.8 Å². The Hall–Kier alpha value is -3.63. The van der Waals surface area contributed by atoms with E-state index in [2.05, 4.69) is 0 Å². The summed E-state index contributed by atoms with van der Waals surface area (Å²) >= 11 is 5.87. The predicted molar refractivity (Wildman–Crippen MR) is 129 cm³/mol. The van der Waals surface area contributed by atoms with Crippen LogP contribution in [0.2, 0.25) is 0 Å². The zero-order valence-corrected chi connectivity index (χ0v) is 17.8. The molecule has 1 heterocycles. The van der Waals surface area contributed by atoms with Crippen molar-refractivity contribution in [3.63, 3.8) is 0 Å². The molecule has 1 atom stereocenters. The molecule has 0 fully saturated rings. The number of carbonyl (C=O) groups excluding carboxylic acids is 1. The molecule has 0 saturated heterocycles. The topological polar surface area (TPSA) is 32.7 Å². The molecule has 0 saturated carbocycles. The van der Waals surface area contributed by atoms with Crippen LogP contribution >= 0.6 is 12.2 Å². The second-order valence-corrected chi connectivity index (χ2v) is 8.07. The quantitative estimate of drug-likeness (QED) is 0.382. The molecule has 3 nitrogen and oxygen atoms in total. The van der Waals surface area contributed by atoms with E-state index in [4.69, 9.17) is 17.2 Å². The van der Waals surface area contributed by atoms with Crippen LogP contribution in [0, 0.1) is 0 Å². The van der Waals surface area contributed by atoms with E-state index in [0.29, 0.717) is 16.3 Å². The summed E-state index contributed by atoms with van der Waals surface area (Å²) in [6.07, 6.45) is 0. The molecule has 31 heavy (non-hydrogen) atoms. The van der Waals surface area contributed by atoms with Gasteiger partial charge in [-0.25, -0.2) is 4.99 Å². The van der Waals surface area contributed by atoms with E-state index in [-0.39, 0.29) is 5.91 Å². The van der Waals surface area contributed by atoms with E-state index >= 15 is 0 Å². The van der Waals surface area contributed by atoms with Crippen LogP contribution < -0.4 is 0 Å². The molecule has 0 aliphatic carbocycles. The molecule has 5 rings (SSSR count). The minimum atomic E-state index is -0.933. The van der Waals surface area contributed by atoms with E-state index in [1.165, 1.54) is 0 Å². The molecule has 1 amide bonds. The first-order valence-corrected chi connectivity index (χ1v) is 10.6. The summed E-state index contributed by atoms with van der Waals surface area (Å²) < 4.78 is 0. The van der Waals surface area contributed by atoms with Crippen LogP contribution in [0.4, 0.5) is 0 Å². The number of carbonyl (C=O) groups is 1. The van der Waals surface area contributed by atoms with Gasteiger partial charge < -0.3 is 0 Å². The summed E-state index contributed by atoms with van der Waals surface area (Å²) in [6.45, 7) is 1.95. The van der Waals surface area contributed by atoms with E-state index < -0.39 is 5.66 Å². The predicted octanol–water partition coefficient (Wildman–Crippen LogP) is 5.99. The normalized spacial score (nSPS) is 18.3. The van der Waals surface area contributed by atoms with Crippen molar-refractivity contribution in [1.29, 1.82) is 0 Å². The fourth-order valence-electron chi connectivity index (χ4n) is 4.17. The summed E-state index contributed by atoms with van der Waals surface area (Å²) in [5.74, 6) is -0.150. The Morgan fingerprint density at radius 3 is 2.16 bits per heavy atom. The molecule has 0 radical (unpaired) electrons. The molecule has 0 spiro atoms. The van der Waals surface area contributed by atoms with Crippen molar-refractivity contribution in [2.45, 2.75) is 12.6 Å². The monoisotopic (exact) mass is 420 g/mol. The standard InChI is InChI=1S/C27H20N2OS/c1-27(21-15-6-3-7-16-21)28-24(20-12-4-2-5-13-20)26(31)29(27)25(30)23-18-10-14-19-11-8-9-17-22(19)23/h2-18H,1H3. The lowest BCUT2D eigenvalue weighted by molar-refractivity contribution is 0.0738.